The third-order valence-corrected chi connectivity index (χ3v) is 17.9. The van der Waals surface area contributed by atoms with Crippen LogP contribution in [0.2, 0.25) is 0 Å². The van der Waals surface area contributed by atoms with Gasteiger partial charge in [0.15, 0.2) is 0 Å². The minimum atomic E-state index is -0.922. The van der Waals surface area contributed by atoms with E-state index in [-0.39, 0.29) is 36.2 Å². The van der Waals surface area contributed by atoms with Gasteiger partial charge in [-0.05, 0) is 184 Å². The Labute approximate surface area is 427 Å². The molecule has 0 radical (unpaired) electrons. The summed E-state index contributed by atoms with van der Waals surface area (Å²) in [5, 5.41) is 30.0. The number of benzene rings is 4. The van der Waals surface area contributed by atoms with Gasteiger partial charge in [-0.15, -0.1) is 22.7 Å². The van der Waals surface area contributed by atoms with Crippen LogP contribution in [-0.4, -0.2) is 47.1 Å². The average Bonchev–Trinajstić information content (AvgIpc) is 3.94. The molecule has 1 atom stereocenters. The Kier molecular flexibility index (Phi) is 19.1. The Hall–Kier alpha value is -5.06. The highest BCUT2D eigenvalue weighted by Gasteiger charge is 2.34. The molecule has 0 amide bonds. The van der Waals surface area contributed by atoms with Crippen molar-refractivity contribution in [2.45, 2.75) is 164 Å². The number of methoxy groups -OCH3 is 1. The average molecular weight is 987 g/mol. The number of aliphatic carboxylic acids is 1. The smallest absolute Gasteiger partial charge is 0.348 e. The molecule has 9 heteroatoms. The lowest BCUT2D eigenvalue weighted by molar-refractivity contribution is -0.137. The van der Waals surface area contributed by atoms with Gasteiger partial charge in [0.1, 0.15) is 17.2 Å². The van der Waals surface area contributed by atoms with Crippen molar-refractivity contribution >= 4 is 34.6 Å². The first kappa shape index (κ1) is 55.9. The van der Waals surface area contributed by atoms with E-state index in [1.807, 2.05) is 32.9 Å². The maximum Gasteiger partial charge on any atom is 0.348 e. The summed E-state index contributed by atoms with van der Waals surface area (Å²) in [5.41, 5.74) is 15.2. The van der Waals surface area contributed by atoms with Crippen molar-refractivity contribution in [2.75, 3.05) is 13.7 Å². The molecule has 2 heterocycles. The Balaban J connectivity index is 0.000000271. The lowest BCUT2D eigenvalue weighted by atomic mass is 9.69. The fourth-order valence-corrected chi connectivity index (χ4v) is 12.8. The molecule has 0 fully saturated rings. The third kappa shape index (κ3) is 11.8. The highest BCUT2D eigenvalue weighted by Crippen LogP contribution is 2.46. The Morgan fingerprint density at radius 2 is 1.01 bits per heavy atom. The number of aliphatic hydroxyl groups excluding tert-OH is 1. The number of thiophene rings is 2. The van der Waals surface area contributed by atoms with E-state index in [0.717, 1.165) is 46.6 Å². The molecule has 7 nitrogen and oxygen atoms in total. The topological polar surface area (TPSA) is 113 Å². The third-order valence-electron chi connectivity index (χ3n) is 15.2. The number of carbonyl (C=O) groups excluding carboxylic acids is 1. The number of rotatable bonds is 20. The molecule has 70 heavy (non-hydrogen) atoms. The van der Waals surface area contributed by atoms with Gasteiger partial charge < -0.3 is 24.8 Å². The number of ether oxygens (including phenoxy) is 2. The first-order chi connectivity index (χ1) is 33.2. The fraction of sp³-hybridized carbons (Fsp3) is 0.443. The second kappa shape index (κ2) is 23.9. The Bertz CT molecular complexity index is 2740. The number of aliphatic hydroxyl groups is 2. The monoisotopic (exact) mass is 987 g/mol. The standard InChI is InChI=1S/C34H46O5S.C27H32O2S/c1-8-33(9-2,26-13-16-29(23(6)19-26)39-21-27(35)14-17-31(36)37)25-12-15-28(22(5)18-25)32-24(7)20-30(40-32)34(38,10-3)11-4;1-8-27(9-2,21-11-10-17(3)18(4)14-21)22-12-13-23(19(5)15-22)25-20(6)16-24(30-25)26(28)29-7/h12-13,15-16,18-20,27,35,38H,8-11,14,17,21H2,1-7H3,(H,36,37);10-16H,8-9H2,1-7H3/t27-;/m1./s1. The molecule has 0 saturated heterocycles. The van der Waals surface area contributed by atoms with E-state index in [2.05, 4.69) is 142 Å². The zero-order chi connectivity index (χ0) is 51.7. The van der Waals surface area contributed by atoms with Crippen molar-refractivity contribution in [1.82, 2.24) is 0 Å². The van der Waals surface area contributed by atoms with Crippen LogP contribution in [0, 0.1) is 48.5 Å². The van der Waals surface area contributed by atoms with Gasteiger partial charge in [0.25, 0.3) is 0 Å². The molecule has 2 aromatic heterocycles. The quantitative estimate of drug-likeness (QED) is 0.0653. The SMILES string of the molecule is CCC(CC)(c1ccc(C)c(C)c1)c1ccc(-c2sc(C(=O)OC)cc2C)c(C)c1.CCC(O)(CC)c1cc(C)c(-c2ccc(C(CC)(CC)c3ccc(OC[C@H](O)CCC(=O)O)c(C)c3)cc2C)s1. The Morgan fingerprint density at radius 3 is 1.46 bits per heavy atom. The van der Waals surface area contributed by atoms with Crippen LogP contribution in [0.15, 0.2) is 84.9 Å². The number of carboxylic acids is 1. The van der Waals surface area contributed by atoms with Crippen LogP contribution in [0.1, 0.15) is 169 Å². The fourth-order valence-electron chi connectivity index (χ4n) is 10.1. The lowest BCUT2D eigenvalue weighted by Gasteiger charge is -2.34. The first-order valence-corrected chi connectivity index (χ1v) is 26.8. The van der Waals surface area contributed by atoms with Gasteiger partial charge in [-0.2, -0.15) is 0 Å². The first-order valence-electron chi connectivity index (χ1n) is 25.2. The minimum absolute atomic E-state index is 0.00339. The van der Waals surface area contributed by atoms with E-state index >= 15 is 0 Å². The van der Waals surface area contributed by atoms with Crippen LogP contribution in [0.25, 0.3) is 20.9 Å². The normalized spacial score (nSPS) is 12.3. The summed E-state index contributed by atoms with van der Waals surface area (Å²) in [6.07, 6.45) is 4.66. The molecule has 376 valence electrons. The van der Waals surface area contributed by atoms with E-state index in [1.54, 1.807) is 11.3 Å². The zero-order valence-corrected chi connectivity index (χ0v) is 45.9. The predicted molar refractivity (Wildman–Crippen MR) is 292 cm³/mol. The van der Waals surface area contributed by atoms with Crippen LogP contribution < -0.4 is 4.74 Å². The second-order valence-corrected chi connectivity index (χ2v) is 21.4. The van der Waals surface area contributed by atoms with Gasteiger partial charge in [0.2, 0.25) is 0 Å². The molecule has 0 spiro atoms. The number of hydrogen-bond donors (Lipinski definition) is 3. The Morgan fingerprint density at radius 1 is 0.557 bits per heavy atom. The molecule has 6 rings (SSSR count). The molecule has 6 aromatic rings. The van der Waals surface area contributed by atoms with E-state index in [0.29, 0.717) is 23.5 Å². The maximum atomic E-state index is 12.0. The number of carbonyl (C=O) groups is 2. The van der Waals surface area contributed by atoms with Crippen LogP contribution >= 0.6 is 22.7 Å². The molecule has 3 N–H and O–H groups in total. The summed E-state index contributed by atoms with van der Waals surface area (Å²) < 4.78 is 10.8. The molecule has 0 aliphatic heterocycles. The number of esters is 1. The molecule has 0 aliphatic rings. The van der Waals surface area contributed by atoms with Crippen LogP contribution in [0.4, 0.5) is 0 Å². The molecular weight excluding hydrogens is 909 g/mol. The van der Waals surface area contributed by atoms with E-state index < -0.39 is 17.7 Å². The summed E-state index contributed by atoms with van der Waals surface area (Å²) in [7, 11) is 1.43. The van der Waals surface area contributed by atoms with E-state index in [1.165, 1.54) is 84.5 Å². The highest BCUT2D eigenvalue weighted by molar-refractivity contribution is 7.17. The second-order valence-electron chi connectivity index (χ2n) is 19.3. The zero-order valence-electron chi connectivity index (χ0n) is 44.3. The van der Waals surface area contributed by atoms with Gasteiger partial charge >= 0.3 is 11.9 Å². The number of carboxylic acid groups (broad SMARTS) is 1. The van der Waals surface area contributed by atoms with Crippen molar-refractivity contribution in [1.29, 1.82) is 0 Å². The minimum Gasteiger partial charge on any atom is -0.491 e. The number of hydrogen-bond acceptors (Lipinski definition) is 8. The van der Waals surface area contributed by atoms with Crippen LogP contribution in [-0.2, 0) is 26.0 Å². The highest BCUT2D eigenvalue weighted by atomic mass is 32.1. The van der Waals surface area contributed by atoms with Gasteiger partial charge in [-0.3, -0.25) is 4.79 Å². The van der Waals surface area contributed by atoms with Crippen LogP contribution in [0.5, 0.6) is 5.75 Å². The molecule has 0 bridgehead atoms. The van der Waals surface area contributed by atoms with Gasteiger partial charge in [0, 0.05) is 31.9 Å². The summed E-state index contributed by atoms with van der Waals surface area (Å²) in [6.45, 7) is 28.1. The predicted octanol–water partition coefficient (Wildman–Crippen LogP) is 15.6. The van der Waals surface area contributed by atoms with Crippen LogP contribution in [0.3, 0.4) is 0 Å². The summed E-state index contributed by atoms with van der Waals surface area (Å²) in [6, 6.07) is 30.9. The molecular formula is C61H78O7S2. The van der Waals surface area contributed by atoms with Crippen molar-refractivity contribution in [3.05, 3.63) is 156 Å². The van der Waals surface area contributed by atoms with Gasteiger partial charge in [0.05, 0.1) is 18.8 Å². The van der Waals surface area contributed by atoms with Crippen molar-refractivity contribution < 1.29 is 34.4 Å². The van der Waals surface area contributed by atoms with Crippen molar-refractivity contribution in [3.63, 3.8) is 0 Å². The summed E-state index contributed by atoms with van der Waals surface area (Å²) in [4.78, 5) is 26.8. The van der Waals surface area contributed by atoms with E-state index in [9.17, 15) is 19.8 Å². The molecule has 0 aliphatic carbocycles. The molecule has 0 unspecified atom stereocenters. The summed E-state index contributed by atoms with van der Waals surface area (Å²) >= 11 is 3.22. The largest absolute Gasteiger partial charge is 0.491 e. The van der Waals surface area contributed by atoms with Gasteiger partial charge in [-0.25, -0.2) is 4.79 Å². The number of aryl methyl sites for hydroxylation is 7. The van der Waals surface area contributed by atoms with Crippen molar-refractivity contribution in [3.8, 4) is 26.6 Å². The molecule has 0 saturated carbocycles. The maximum absolute atomic E-state index is 12.0. The lowest BCUT2D eigenvalue weighted by Crippen LogP contribution is -2.26. The van der Waals surface area contributed by atoms with E-state index in [4.69, 9.17) is 14.6 Å². The van der Waals surface area contributed by atoms with Gasteiger partial charge in [-0.1, -0.05) is 108 Å². The molecule has 4 aromatic carbocycles. The van der Waals surface area contributed by atoms with Crippen molar-refractivity contribution in [2.24, 2.45) is 0 Å². The summed E-state index contributed by atoms with van der Waals surface area (Å²) in [5.74, 6) is -0.489.